The molecule has 2 unspecified atom stereocenters. The maximum atomic E-state index is 11.9. The van der Waals surface area contributed by atoms with Gasteiger partial charge >= 0.3 is 5.97 Å². The molecular formula is C12H19NO2. The second kappa shape index (κ2) is 3.84. The number of nitriles is 1. The minimum Gasteiger partial charge on any atom is -0.466 e. The number of hydrogen-bond acceptors (Lipinski definition) is 3. The van der Waals surface area contributed by atoms with Crippen LogP contribution < -0.4 is 0 Å². The average molecular weight is 209 g/mol. The molecule has 0 aromatic heterocycles. The lowest BCUT2D eigenvalue weighted by atomic mass is 9.66. The molecular weight excluding hydrogens is 190 g/mol. The summed E-state index contributed by atoms with van der Waals surface area (Å²) in [6.45, 7) is 8.12. The van der Waals surface area contributed by atoms with Crippen LogP contribution in [-0.4, -0.2) is 12.6 Å². The van der Waals surface area contributed by atoms with Crippen LogP contribution in [0.3, 0.4) is 0 Å². The van der Waals surface area contributed by atoms with E-state index in [4.69, 9.17) is 10.00 Å². The molecule has 0 heterocycles. The number of nitrogens with zero attached hydrogens (tertiary/aromatic N) is 1. The lowest BCUT2D eigenvalue weighted by molar-refractivity contribution is -0.160. The van der Waals surface area contributed by atoms with Crippen LogP contribution in [0.1, 0.15) is 40.5 Å². The molecule has 1 saturated carbocycles. The number of esters is 1. The highest BCUT2D eigenvalue weighted by molar-refractivity contribution is 5.78. The fourth-order valence-corrected chi connectivity index (χ4v) is 2.38. The summed E-state index contributed by atoms with van der Waals surface area (Å²) in [5, 5.41) is 9.04. The molecule has 0 saturated heterocycles. The second-order valence-corrected chi connectivity index (χ2v) is 4.99. The van der Waals surface area contributed by atoms with Gasteiger partial charge in [0.15, 0.2) is 0 Å². The molecule has 1 rings (SSSR count). The molecule has 0 bridgehead atoms. The zero-order chi connectivity index (χ0) is 11.7. The van der Waals surface area contributed by atoms with Gasteiger partial charge in [0.25, 0.3) is 0 Å². The Morgan fingerprint density at radius 3 is 2.53 bits per heavy atom. The Morgan fingerprint density at radius 1 is 1.53 bits per heavy atom. The topological polar surface area (TPSA) is 50.1 Å². The van der Waals surface area contributed by atoms with Crippen molar-refractivity contribution in [3.05, 3.63) is 0 Å². The van der Waals surface area contributed by atoms with Crippen LogP contribution >= 0.6 is 0 Å². The zero-order valence-corrected chi connectivity index (χ0v) is 9.96. The van der Waals surface area contributed by atoms with Gasteiger partial charge in [-0.05, 0) is 32.1 Å². The highest BCUT2D eigenvalue weighted by Gasteiger charge is 2.57. The average Bonchev–Trinajstić information content (AvgIpc) is 2.40. The highest BCUT2D eigenvalue weighted by atomic mass is 16.5. The molecule has 1 fully saturated rings. The van der Waals surface area contributed by atoms with Crippen LogP contribution in [0, 0.1) is 28.1 Å². The fraction of sp³-hybridized carbons (Fsp3) is 0.833. The van der Waals surface area contributed by atoms with Crippen molar-refractivity contribution >= 4 is 5.97 Å². The Bertz CT molecular complexity index is 303. The van der Waals surface area contributed by atoms with Gasteiger partial charge in [-0.25, -0.2) is 0 Å². The highest BCUT2D eigenvalue weighted by Crippen LogP contribution is 2.56. The number of carbonyl (C=O) groups is 1. The van der Waals surface area contributed by atoms with E-state index in [0.29, 0.717) is 6.61 Å². The molecule has 0 aromatic carbocycles. The summed E-state index contributed by atoms with van der Waals surface area (Å²) in [4.78, 5) is 11.9. The Labute approximate surface area is 91.4 Å². The molecule has 3 heteroatoms. The summed E-state index contributed by atoms with van der Waals surface area (Å²) >= 11 is 0. The third-order valence-electron chi connectivity index (χ3n) is 4.11. The van der Waals surface area contributed by atoms with Crippen LogP contribution in [0.2, 0.25) is 0 Å². The molecule has 0 radical (unpaired) electrons. The number of carbonyl (C=O) groups excluding carboxylic acids is 1. The van der Waals surface area contributed by atoms with Crippen molar-refractivity contribution in [2.45, 2.75) is 40.5 Å². The van der Waals surface area contributed by atoms with Crippen molar-refractivity contribution in [3.63, 3.8) is 0 Å². The second-order valence-electron chi connectivity index (χ2n) is 4.99. The van der Waals surface area contributed by atoms with Crippen molar-refractivity contribution in [3.8, 4) is 6.07 Å². The maximum absolute atomic E-state index is 11.9. The monoisotopic (exact) mass is 209 g/mol. The van der Waals surface area contributed by atoms with Crippen molar-refractivity contribution in [1.29, 1.82) is 5.26 Å². The van der Waals surface area contributed by atoms with Gasteiger partial charge < -0.3 is 4.74 Å². The minimum atomic E-state index is -0.511. The normalized spacial score (nSPS) is 33.4. The molecule has 3 nitrogen and oxygen atoms in total. The molecule has 0 aliphatic heterocycles. The lowest BCUT2D eigenvalue weighted by Gasteiger charge is -2.37. The van der Waals surface area contributed by atoms with Gasteiger partial charge in [-0.1, -0.05) is 13.8 Å². The van der Waals surface area contributed by atoms with Gasteiger partial charge in [0.2, 0.25) is 0 Å². The van der Waals surface area contributed by atoms with E-state index < -0.39 is 5.41 Å². The van der Waals surface area contributed by atoms with Crippen LogP contribution in [0.25, 0.3) is 0 Å². The molecule has 1 aliphatic rings. The molecule has 2 atom stereocenters. The third kappa shape index (κ3) is 1.62. The first-order valence-electron chi connectivity index (χ1n) is 5.47. The van der Waals surface area contributed by atoms with Crippen LogP contribution in [0.15, 0.2) is 0 Å². The van der Waals surface area contributed by atoms with E-state index in [2.05, 4.69) is 6.07 Å². The van der Waals surface area contributed by atoms with Crippen molar-refractivity contribution < 1.29 is 9.53 Å². The number of hydrogen-bond donors (Lipinski definition) is 0. The SMILES string of the molecule is CCOC(=O)C1(C)CCC(C#N)C1(C)C. The van der Waals surface area contributed by atoms with Gasteiger partial charge in [0.1, 0.15) is 0 Å². The first kappa shape index (κ1) is 12.0. The molecule has 84 valence electrons. The standard InChI is InChI=1S/C12H19NO2/c1-5-15-10(14)12(4)7-6-9(8-13)11(12,2)3/h9H,5-7H2,1-4H3. The summed E-state index contributed by atoms with van der Waals surface area (Å²) in [5.74, 6) is -0.209. The molecule has 0 spiro atoms. The molecule has 1 aliphatic carbocycles. The van der Waals surface area contributed by atoms with Gasteiger partial charge in [-0.2, -0.15) is 5.26 Å². The quantitative estimate of drug-likeness (QED) is 0.656. The van der Waals surface area contributed by atoms with Crippen molar-refractivity contribution in [2.75, 3.05) is 6.61 Å². The van der Waals surface area contributed by atoms with Crippen LogP contribution in [0.5, 0.6) is 0 Å². The number of rotatable bonds is 2. The van der Waals surface area contributed by atoms with E-state index in [1.165, 1.54) is 0 Å². The zero-order valence-electron chi connectivity index (χ0n) is 9.96. The summed E-state index contributed by atoms with van der Waals surface area (Å²) in [5.41, 5.74) is -0.808. The molecule has 0 N–H and O–H groups in total. The van der Waals surface area contributed by atoms with Crippen molar-refractivity contribution in [2.24, 2.45) is 16.7 Å². The smallest absolute Gasteiger partial charge is 0.312 e. The Balaban J connectivity index is 2.97. The summed E-state index contributed by atoms with van der Waals surface area (Å²) < 4.78 is 5.11. The first-order chi connectivity index (χ1) is 6.90. The molecule has 15 heavy (non-hydrogen) atoms. The summed E-state index contributed by atoms with van der Waals surface area (Å²) in [6.07, 6.45) is 1.54. The van der Waals surface area contributed by atoms with Gasteiger partial charge in [-0.3, -0.25) is 4.79 Å². The molecule has 0 aromatic rings. The predicted octanol–water partition coefficient (Wildman–Crippen LogP) is 2.52. The van der Waals surface area contributed by atoms with E-state index in [0.717, 1.165) is 12.8 Å². The van der Waals surface area contributed by atoms with Crippen molar-refractivity contribution in [1.82, 2.24) is 0 Å². The Hall–Kier alpha value is -1.04. The van der Waals surface area contributed by atoms with Gasteiger partial charge in [0.05, 0.1) is 24.0 Å². The Morgan fingerprint density at radius 2 is 2.13 bits per heavy atom. The maximum Gasteiger partial charge on any atom is 0.312 e. The first-order valence-corrected chi connectivity index (χ1v) is 5.47. The Kier molecular flexibility index (Phi) is 3.08. The largest absolute Gasteiger partial charge is 0.466 e. The van der Waals surface area contributed by atoms with Crippen LogP contribution in [0.4, 0.5) is 0 Å². The summed E-state index contributed by atoms with van der Waals surface area (Å²) in [6, 6.07) is 2.30. The number of ether oxygens (including phenoxy) is 1. The summed E-state index contributed by atoms with van der Waals surface area (Å²) in [7, 11) is 0. The van der Waals surface area contributed by atoms with Gasteiger partial charge in [0, 0.05) is 0 Å². The van der Waals surface area contributed by atoms with E-state index in [-0.39, 0.29) is 17.3 Å². The van der Waals surface area contributed by atoms with Crippen LogP contribution in [-0.2, 0) is 9.53 Å². The third-order valence-corrected chi connectivity index (χ3v) is 4.11. The van der Waals surface area contributed by atoms with E-state index in [9.17, 15) is 4.79 Å². The van der Waals surface area contributed by atoms with E-state index in [1.807, 2.05) is 27.7 Å². The van der Waals surface area contributed by atoms with Gasteiger partial charge in [-0.15, -0.1) is 0 Å². The lowest BCUT2D eigenvalue weighted by Crippen LogP contribution is -2.41. The van der Waals surface area contributed by atoms with E-state index >= 15 is 0 Å². The minimum absolute atomic E-state index is 0.0492. The molecule has 0 amide bonds. The fourth-order valence-electron chi connectivity index (χ4n) is 2.38. The van der Waals surface area contributed by atoms with E-state index in [1.54, 1.807) is 0 Å². The predicted molar refractivity (Wildman–Crippen MR) is 56.9 cm³/mol.